The number of pyridine rings is 1. The van der Waals surface area contributed by atoms with Crippen molar-refractivity contribution in [3.05, 3.63) is 39.7 Å². The number of benzene rings is 1. The summed E-state index contributed by atoms with van der Waals surface area (Å²) in [7, 11) is 1.01. The Morgan fingerprint density at radius 2 is 1.95 bits per heavy atom. The Morgan fingerprint density at radius 1 is 1.32 bits per heavy atom. The number of nitrogens with zero attached hydrogens (tertiary/aromatic N) is 1. The van der Waals surface area contributed by atoms with E-state index in [1.165, 1.54) is 0 Å². The fraction of sp³-hybridized carbons (Fsp3) is 0.154. The average molecular weight is 313 g/mol. The number of carboxylic acid groups (broad SMARTS) is 2. The molecule has 22 heavy (non-hydrogen) atoms. The molecular formula is C13H9F2NO6. The van der Waals surface area contributed by atoms with Crippen LogP contribution in [0.15, 0.2) is 17.1 Å². The van der Waals surface area contributed by atoms with E-state index in [4.69, 9.17) is 14.9 Å². The van der Waals surface area contributed by atoms with E-state index in [0.717, 1.165) is 17.9 Å². The number of rotatable bonds is 4. The Labute approximate surface area is 121 Å². The van der Waals surface area contributed by atoms with Crippen molar-refractivity contribution in [1.29, 1.82) is 0 Å². The largest absolute Gasteiger partial charge is 0.491 e. The fourth-order valence-electron chi connectivity index (χ4n) is 2.08. The van der Waals surface area contributed by atoms with E-state index in [-0.39, 0.29) is 5.52 Å². The molecule has 0 aliphatic carbocycles. The molecule has 1 aromatic heterocycles. The van der Waals surface area contributed by atoms with Crippen molar-refractivity contribution in [3.8, 4) is 5.75 Å². The lowest BCUT2D eigenvalue weighted by molar-refractivity contribution is -0.137. The Morgan fingerprint density at radius 3 is 2.45 bits per heavy atom. The maximum Gasteiger partial charge on any atom is 0.341 e. The van der Waals surface area contributed by atoms with Crippen molar-refractivity contribution in [2.75, 3.05) is 7.11 Å². The molecule has 1 aromatic carbocycles. The highest BCUT2D eigenvalue weighted by molar-refractivity contribution is 5.94. The smallest absolute Gasteiger partial charge is 0.341 e. The first-order valence-corrected chi connectivity index (χ1v) is 5.82. The Bertz CT molecular complexity index is 858. The zero-order valence-corrected chi connectivity index (χ0v) is 11.1. The van der Waals surface area contributed by atoms with Crippen molar-refractivity contribution < 1.29 is 33.3 Å². The van der Waals surface area contributed by atoms with Gasteiger partial charge in [0.15, 0.2) is 11.6 Å². The lowest BCUT2D eigenvalue weighted by Crippen LogP contribution is -2.22. The molecule has 0 aliphatic heterocycles. The van der Waals surface area contributed by atoms with Crippen molar-refractivity contribution >= 4 is 22.8 Å². The van der Waals surface area contributed by atoms with E-state index in [1.807, 2.05) is 0 Å². The molecule has 0 aliphatic rings. The van der Waals surface area contributed by atoms with Gasteiger partial charge in [-0.3, -0.25) is 9.59 Å². The monoisotopic (exact) mass is 313 g/mol. The highest BCUT2D eigenvalue weighted by atomic mass is 19.2. The van der Waals surface area contributed by atoms with E-state index in [9.17, 15) is 23.2 Å². The lowest BCUT2D eigenvalue weighted by Gasteiger charge is -2.14. The molecule has 2 N–H and O–H groups in total. The number of aliphatic carboxylic acids is 1. The van der Waals surface area contributed by atoms with Gasteiger partial charge in [0.25, 0.3) is 0 Å². The van der Waals surface area contributed by atoms with E-state index < -0.39 is 52.2 Å². The van der Waals surface area contributed by atoms with Crippen LogP contribution >= 0.6 is 0 Å². The molecule has 0 atom stereocenters. The first-order chi connectivity index (χ1) is 10.3. The van der Waals surface area contributed by atoms with Gasteiger partial charge in [-0.15, -0.1) is 0 Å². The number of aromatic carboxylic acids is 1. The van der Waals surface area contributed by atoms with Gasteiger partial charge >= 0.3 is 11.9 Å². The number of fused-ring (bicyclic) bond motifs is 1. The molecule has 0 unspecified atom stereocenters. The lowest BCUT2D eigenvalue weighted by atomic mass is 10.1. The maximum atomic E-state index is 13.8. The summed E-state index contributed by atoms with van der Waals surface area (Å²) in [6.07, 6.45) is 0.751. The first-order valence-electron chi connectivity index (χ1n) is 5.82. The molecule has 0 saturated heterocycles. The van der Waals surface area contributed by atoms with Crippen LogP contribution in [0, 0.1) is 11.6 Å². The summed E-state index contributed by atoms with van der Waals surface area (Å²) in [6.45, 7) is -0.765. The Hall–Kier alpha value is -2.97. The van der Waals surface area contributed by atoms with Crippen LogP contribution in [-0.4, -0.2) is 33.8 Å². The summed E-state index contributed by atoms with van der Waals surface area (Å²) in [5, 5.41) is 17.3. The number of halogens is 2. The molecular weight excluding hydrogens is 304 g/mol. The number of carbonyl (C=O) groups is 2. The summed E-state index contributed by atoms with van der Waals surface area (Å²) in [6, 6.07) is 0.514. The van der Waals surface area contributed by atoms with Crippen LogP contribution in [0.25, 0.3) is 10.9 Å². The van der Waals surface area contributed by atoms with Crippen LogP contribution in [0.1, 0.15) is 10.4 Å². The number of hydrogen-bond donors (Lipinski definition) is 2. The van der Waals surface area contributed by atoms with E-state index in [0.29, 0.717) is 6.07 Å². The van der Waals surface area contributed by atoms with Gasteiger partial charge in [-0.05, 0) is 6.07 Å². The summed E-state index contributed by atoms with van der Waals surface area (Å²) in [4.78, 5) is 34.0. The second-order valence-electron chi connectivity index (χ2n) is 4.30. The Kier molecular flexibility index (Phi) is 3.81. The van der Waals surface area contributed by atoms with Crippen LogP contribution in [0.3, 0.4) is 0 Å². The third-order valence-electron chi connectivity index (χ3n) is 2.95. The number of hydrogen-bond acceptors (Lipinski definition) is 4. The Balaban J connectivity index is 3.05. The first kappa shape index (κ1) is 15.4. The summed E-state index contributed by atoms with van der Waals surface area (Å²) >= 11 is 0. The highest BCUT2D eigenvalue weighted by Gasteiger charge is 2.23. The third-order valence-corrected chi connectivity index (χ3v) is 2.95. The van der Waals surface area contributed by atoms with E-state index in [1.54, 1.807) is 0 Å². The van der Waals surface area contributed by atoms with Gasteiger partial charge in [0.05, 0.1) is 18.0 Å². The molecule has 1 heterocycles. The standard InChI is InChI=1S/C13H9F2NO6/c1-22-12-9(15)7(14)2-5-10(12)16(4-8(17)18)3-6(11(5)19)13(20)21/h2-3H,4H2,1H3,(H,17,18)(H,20,21). The fourth-order valence-corrected chi connectivity index (χ4v) is 2.08. The zero-order valence-electron chi connectivity index (χ0n) is 11.1. The van der Waals surface area contributed by atoms with Crippen LogP contribution < -0.4 is 10.2 Å². The molecule has 0 saturated carbocycles. The van der Waals surface area contributed by atoms with Gasteiger partial charge in [-0.25, -0.2) is 9.18 Å². The molecule has 9 heteroatoms. The summed E-state index contributed by atoms with van der Waals surface area (Å²) < 4.78 is 32.8. The van der Waals surface area contributed by atoms with Crippen molar-refractivity contribution in [1.82, 2.24) is 4.57 Å². The molecule has 0 spiro atoms. The molecule has 0 amide bonds. The van der Waals surface area contributed by atoms with Crippen LogP contribution in [0.2, 0.25) is 0 Å². The van der Waals surface area contributed by atoms with Gasteiger partial charge in [0, 0.05) is 6.20 Å². The molecule has 7 nitrogen and oxygen atoms in total. The normalized spacial score (nSPS) is 10.7. The van der Waals surface area contributed by atoms with Crippen LogP contribution in [-0.2, 0) is 11.3 Å². The predicted molar refractivity (Wildman–Crippen MR) is 69.3 cm³/mol. The molecule has 0 fully saturated rings. The average Bonchev–Trinajstić information content (AvgIpc) is 2.43. The zero-order chi connectivity index (χ0) is 16.6. The van der Waals surface area contributed by atoms with Crippen molar-refractivity contribution in [3.63, 3.8) is 0 Å². The van der Waals surface area contributed by atoms with Gasteiger partial charge < -0.3 is 19.5 Å². The number of carboxylic acids is 2. The summed E-state index contributed by atoms with van der Waals surface area (Å²) in [5.74, 6) is -6.48. The van der Waals surface area contributed by atoms with Gasteiger partial charge in [0.1, 0.15) is 12.1 Å². The second kappa shape index (κ2) is 5.43. The molecule has 2 rings (SSSR count). The number of methoxy groups -OCH3 is 1. The third kappa shape index (κ3) is 2.36. The molecule has 0 bridgehead atoms. The minimum Gasteiger partial charge on any atom is -0.491 e. The topological polar surface area (TPSA) is 106 Å². The number of aromatic nitrogens is 1. The quantitative estimate of drug-likeness (QED) is 0.874. The van der Waals surface area contributed by atoms with E-state index >= 15 is 0 Å². The van der Waals surface area contributed by atoms with Crippen molar-refractivity contribution in [2.45, 2.75) is 6.54 Å². The second-order valence-corrected chi connectivity index (χ2v) is 4.30. The molecule has 0 radical (unpaired) electrons. The maximum absolute atomic E-state index is 13.8. The van der Waals surface area contributed by atoms with Gasteiger partial charge in [0.2, 0.25) is 11.2 Å². The highest BCUT2D eigenvalue weighted by Crippen LogP contribution is 2.29. The van der Waals surface area contributed by atoms with E-state index in [2.05, 4.69) is 0 Å². The van der Waals surface area contributed by atoms with Crippen molar-refractivity contribution in [2.24, 2.45) is 0 Å². The summed E-state index contributed by atoms with van der Waals surface area (Å²) in [5.41, 5.74) is -2.16. The molecule has 2 aromatic rings. The van der Waals surface area contributed by atoms with Crippen LogP contribution in [0.4, 0.5) is 8.78 Å². The number of ether oxygens (including phenoxy) is 1. The predicted octanol–water partition coefficient (Wildman–Crippen LogP) is 1.07. The van der Waals surface area contributed by atoms with Crippen LogP contribution in [0.5, 0.6) is 5.75 Å². The minimum absolute atomic E-state index is 0.334. The molecule has 116 valence electrons. The minimum atomic E-state index is -1.62. The van der Waals surface area contributed by atoms with Gasteiger partial charge in [-0.1, -0.05) is 0 Å². The van der Waals surface area contributed by atoms with Gasteiger partial charge in [-0.2, -0.15) is 4.39 Å². The SMILES string of the molecule is COc1c(F)c(F)cc2c(=O)c(C(=O)O)cn(CC(=O)O)c12.